The molecule has 0 amide bonds. The molecule has 0 aromatic carbocycles. The van der Waals surface area contributed by atoms with Gasteiger partial charge in [-0.25, -0.2) is 5.84 Å². The van der Waals surface area contributed by atoms with E-state index in [4.69, 9.17) is 5.84 Å². The Kier molecular flexibility index (Phi) is 4.77. The van der Waals surface area contributed by atoms with E-state index in [-0.39, 0.29) is 5.41 Å². The van der Waals surface area contributed by atoms with Gasteiger partial charge < -0.3 is 5.32 Å². The van der Waals surface area contributed by atoms with Gasteiger partial charge in [-0.3, -0.25) is 10.4 Å². The zero-order valence-corrected chi connectivity index (χ0v) is 9.31. The predicted molar refractivity (Wildman–Crippen MR) is 57.4 cm³/mol. The number of nitrogens with one attached hydrogen (secondary N) is 2. The van der Waals surface area contributed by atoms with Crippen LogP contribution in [0.25, 0.3) is 0 Å². The number of aliphatic imine (C=N–C) groups is 1. The van der Waals surface area contributed by atoms with E-state index in [2.05, 4.69) is 43.4 Å². The number of guanidine groups is 1. The van der Waals surface area contributed by atoms with Crippen molar-refractivity contribution < 1.29 is 0 Å². The lowest BCUT2D eigenvalue weighted by molar-refractivity contribution is 0.314. The van der Waals surface area contributed by atoms with Gasteiger partial charge in [-0.15, -0.1) is 0 Å². The summed E-state index contributed by atoms with van der Waals surface area (Å²) in [5.41, 5.74) is 2.74. The van der Waals surface area contributed by atoms with Gasteiger partial charge in [0.15, 0.2) is 0 Å². The molecule has 0 saturated heterocycles. The van der Waals surface area contributed by atoms with Crippen LogP contribution in [0, 0.1) is 5.41 Å². The molecule has 4 heteroatoms. The highest BCUT2D eigenvalue weighted by Gasteiger charge is 2.20. The third kappa shape index (κ3) is 4.72. The highest BCUT2D eigenvalue weighted by Crippen LogP contribution is 2.18. The SMILES string of the molecule is CCN=C(NN)NC(C)C(C)(C)C. The van der Waals surface area contributed by atoms with Gasteiger partial charge >= 0.3 is 0 Å². The minimum Gasteiger partial charge on any atom is -0.352 e. The maximum atomic E-state index is 5.31. The third-order valence-electron chi connectivity index (χ3n) is 2.11. The molecular weight excluding hydrogens is 164 g/mol. The summed E-state index contributed by atoms with van der Waals surface area (Å²) in [5, 5.41) is 3.22. The molecule has 0 aliphatic heterocycles. The first-order chi connectivity index (χ1) is 5.91. The van der Waals surface area contributed by atoms with E-state index >= 15 is 0 Å². The molecule has 0 aliphatic carbocycles. The second-order valence-electron chi connectivity index (χ2n) is 4.20. The van der Waals surface area contributed by atoms with Gasteiger partial charge in [-0.1, -0.05) is 20.8 Å². The summed E-state index contributed by atoms with van der Waals surface area (Å²) >= 11 is 0. The molecule has 0 heterocycles. The Hall–Kier alpha value is -0.770. The molecule has 0 saturated carbocycles. The summed E-state index contributed by atoms with van der Waals surface area (Å²) in [4.78, 5) is 4.17. The van der Waals surface area contributed by atoms with Gasteiger partial charge in [-0.2, -0.15) is 0 Å². The van der Waals surface area contributed by atoms with Gasteiger partial charge in [0.05, 0.1) is 0 Å². The van der Waals surface area contributed by atoms with Crippen molar-refractivity contribution in [1.29, 1.82) is 0 Å². The lowest BCUT2D eigenvalue weighted by atomic mass is 9.88. The monoisotopic (exact) mass is 186 g/mol. The normalized spacial score (nSPS) is 15.4. The Balaban J connectivity index is 4.17. The van der Waals surface area contributed by atoms with Gasteiger partial charge in [-0.05, 0) is 19.3 Å². The molecule has 0 aromatic rings. The number of hydrogen-bond donors (Lipinski definition) is 3. The Morgan fingerprint density at radius 3 is 2.31 bits per heavy atom. The van der Waals surface area contributed by atoms with Crippen molar-refractivity contribution in [3.63, 3.8) is 0 Å². The van der Waals surface area contributed by atoms with Crippen molar-refractivity contribution in [3.05, 3.63) is 0 Å². The van der Waals surface area contributed by atoms with Crippen LogP contribution < -0.4 is 16.6 Å². The summed E-state index contributed by atoms with van der Waals surface area (Å²) in [6.45, 7) is 11.3. The van der Waals surface area contributed by atoms with E-state index < -0.39 is 0 Å². The molecule has 1 atom stereocenters. The van der Waals surface area contributed by atoms with Crippen LogP contribution in [-0.4, -0.2) is 18.5 Å². The zero-order valence-electron chi connectivity index (χ0n) is 9.31. The Morgan fingerprint density at radius 1 is 1.46 bits per heavy atom. The van der Waals surface area contributed by atoms with Crippen molar-refractivity contribution in [1.82, 2.24) is 10.7 Å². The van der Waals surface area contributed by atoms with Crippen molar-refractivity contribution in [3.8, 4) is 0 Å². The van der Waals surface area contributed by atoms with E-state index in [1.807, 2.05) is 6.92 Å². The van der Waals surface area contributed by atoms with E-state index in [0.717, 1.165) is 6.54 Å². The molecular formula is C9H22N4. The summed E-state index contributed by atoms with van der Waals surface area (Å²) < 4.78 is 0. The van der Waals surface area contributed by atoms with E-state index in [9.17, 15) is 0 Å². The number of nitrogens with zero attached hydrogens (tertiary/aromatic N) is 1. The second kappa shape index (κ2) is 5.07. The molecule has 13 heavy (non-hydrogen) atoms. The number of hydrazine groups is 1. The first-order valence-electron chi connectivity index (χ1n) is 4.69. The highest BCUT2D eigenvalue weighted by molar-refractivity contribution is 5.79. The van der Waals surface area contributed by atoms with Gasteiger partial charge in [0.25, 0.3) is 0 Å². The zero-order chi connectivity index (χ0) is 10.5. The minimum atomic E-state index is 0.200. The molecule has 0 aliphatic rings. The molecule has 4 N–H and O–H groups in total. The molecule has 0 spiro atoms. The first-order valence-corrected chi connectivity index (χ1v) is 4.69. The van der Waals surface area contributed by atoms with Crippen LogP contribution in [0.1, 0.15) is 34.6 Å². The summed E-state index contributed by atoms with van der Waals surface area (Å²) in [6, 6.07) is 0.328. The molecule has 0 fully saturated rings. The molecule has 78 valence electrons. The molecule has 0 aromatic heterocycles. The fourth-order valence-electron chi connectivity index (χ4n) is 0.713. The van der Waals surface area contributed by atoms with Crippen molar-refractivity contribution >= 4 is 5.96 Å². The smallest absolute Gasteiger partial charge is 0.205 e. The Bertz CT molecular complexity index is 169. The molecule has 0 radical (unpaired) electrons. The van der Waals surface area contributed by atoms with Gasteiger partial charge in [0.1, 0.15) is 0 Å². The molecule has 1 unspecified atom stereocenters. The molecule has 0 rings (SSSR count). The maximum absolute atomic E-state index is 5.31. The lowest BCUT2D eigenvalue weighted by Gasteiger charge is -2.29. The van der Waals surface area contributed by atoms with E-state index in [1.54, 1.807) is 0 Å². The third-order valence-corrected chi connectivity index (χ3v) is 2.11. The predicted octanol–water partition coefficient (Wildman–Crippen LogP) is 0.850. The van der Waals surface area contributed by atoms with Gasteiger partial charge in [0, 0.05) is 12.6 Å². The highest BCUT2D eigenvalue weighted by atomic mass is 15.3. The number of nitrogens with two attached hydrogens (primary N) is 1. The van der Waals surface area contributed by atoms with Crippen LogP contribution >= 0.6 is 0 Å². The Morgan fingerprint density at radius 2 is 2.00 bits per heavy atom. The van der Waals surface area contributed by atoms with Crippen molar-refractivity contribution in [2.24, 2.45) is 16.3 Å². The van der Waals surface area contributed by atoms with E-state index in [1.165, 1.54) is 0 Å². The quantitative estimate of drug-likeness (QED) is 0.259. The van der Waals surface area contributed by atoms with Crippen LogP contribution in [0.4, 0.5) is 0 Å². The maximum Gasteiger partial charge on any atom is 0.205 e. The fraction of sp³-hybridized carbons (Fsp3) is 0.889. The second-order valence-corrected chi connectivity index (χ2v) is 4.20. The number of rotatable bonds is 2. The largest absolute Gasteiger partial charge is 0.352 e. The fourth-order valence-corrected chi connectivity index (χ4v) is 0.713. The topological polar surface area (TPSA) is 62.4 Å². The van der Waals surface area contributed by atoms with Crippen LogP contribution in [0.5, 0.6) is 0 Å². The van der Waals surface area contributed by atoms with Crippen LogP contribution in [0.3, 0.4) is 0 Å². The summed E-state index contributed by atoms with van der Waals surface area (Å²) in [5.74, 6) is 5.96. The number of hydrogen-bond acceptors (Lipinski definition) is 2. The minimum absolute atomic E-state index is 0.200. The van der Waals surface area contributed by atoms with Crippen LogP contribution in [0.2, 0.25) is 0 Å². The van der Waals surface area contributed by atoms with Gasteiger partial charge in [0.2, 0.25) is 5.96 Å². The molecule has 0 bridgehead atoms. The van der Waals surface area contributed by atoms with Crippen LogP contribution in [0.15, 0.2) is 4.99 Å². The van der Waals surface area contributed by atoms with Crippen molar-refractivity contribution in [2.45, 2.75) is 40.7 Å². The summed E-state index contributed by atoms with van der Waals surface area (Å²) in [7, 11) is 0. The standard InChI is InChI=1S/C9H22N4/c1-6-11-8(13-10)12-7(2)9(3,4)5/h7H,6,10H2,1-5H3,(H2,11,12,13). The Labute approximate surface area is 81.0 Å². The van der Waals surface area contributed by atoms with Crippen LogP contribution in [-0.2, 0) is 0 Å². The average Bonchev–Trinajstić information content (AvgIpc) is 2.01. The van der Waals surface area contributed by atoms with E-state index in [0.29, 0.717) is 12.0 Å². The van der Waals surface area contributed by atoms with Crippen molar-refractivity contribution in [2.75, 3.05) is 6.54 Å². The lowest BCUT2D eigenvalue weighted by Crippen LogP contribution is -2.49. The first kappa shape index (κ1) is 12.2. The average molecular weight is 186 g/mol. The molecule has 4 nitrogen and oxygen atoms in total. The summed E-state index contributed by atoms with van der Waals surface area (Å²) in [6.07, 6.45) is 0.